The first-order valence-corrected chi connectivity index (χ1v) is 8.56. The highest BCUT2D eigenvalue weighted by atomic mass is 16.3. The first-order valence-electron chi connectivity index (χ1n) is 8.56. The normalized spacial score (nSPS) is 15.6. The Labute approximate surface area is 144 Å². The minimum absolute atomic E-state index is 0.0432. The van der Waals surface area contributed by atoms with E-state index in [1.807, 2.05) is 36.4 Å². The third kappa shape index (κ3) is 2.43. The lowest BCUT2D eigenvalue weighted by atomic mass is 9.81. The van der Waals surface area contributed by atoms with Crippen molar-refractivity contribution in [1.29, 1.82) is 0 Å². The van der Waals surface area contributed by atoms with Gasteiger partial charge in [-0.05, 0) is 28.7 Å². The zero-order valence-corrected chi connectivity index (χ0v) is 14.3. The molecule has 124 valence electrons. The second-order valence-corrected chi connectivity index (χ2v) is 6.31. The summed E-state index contributed by atoms with van der Waals surface area (Å²) in [6.45, 7) is 11.3. The van der Waals surface area contributed by atoms with Gasteiger partial charge in [0.2, 0.25) is 0 Å². The molecule has 0 aliphatic heterocycles. The molecular weight excluding hydrogens is 294 g/mol. The predicted molar refractivity (Wildman–Crippen MR) is 101 cm³/mol. The molecule has 0 bridgehead atoms. The van der Waals surface area contributed by atoms with Gasteiger partial charge in [0.15, 0.2) is 0 Å². The maximum atomic E-state index is 12.0. The molecule has 1 N–H and O–H groups in total. The van der Waals surface area contributed by atoms with E-state index in [1.54, 1.807) is 0 Å². The molecule has 2 aromatic rings. The second-order valence-electron chi connectivity index (χ2n) is 6.31. The number of benzene rings is 2. The largest absolute Gasteiger partial charge is 0.379 e. The molecule has 0 saturated heterocycles. The first kappa shape index (κ1) is 16.7. The van der Waals surface area contributed by atoms with Crippen LogP contribution < -0.4 is 0 Å². The summed E-state index contributed by atoms with van der Waals surface area (Å²) in [5.74, 6) is 0. The molecule has 3 rings (SSSR count). The Morgan fingerprint density at radius 3 is 1.83 bits per heavy atom. The number of rotatable bonds is 7. The molecule has 2 heteroatoms. The molecular formula is C22H25NO. The van der Waals surface area contributed by atoms with Gasteiger partial charge in [-0.3, -0.25) is 4.90 Å². The van der Waals surface area contributed by atoms with E-state index in [2.05, 4.69) is 49.2 Å². The van der Waals surface area contributed by atoms with Crippen molar-refractivity contribution in [2.45, 2.75) is 25.0 Å². The molecule has 1 unspecified atom stereocenters. The fourth-order valence-corrected chi connectivity index (χ4v) is 4.08. The highest BCUT2D eigenvalue weighted by molar-refractivity contribution is 5.80. The lowest BCUT2D eigenvalue weighted by Gasteiger charge is -2.41. The lowest BCUT2D eigenvalue weighted by Crippen LogP contribution is -2.50. The topological polar surface area (TPSA) is 23.5 Å². The van der Waals surface area contributed by atoms with Gasteiger partial charge in [-0.2, -0.15) is 0 Å². The van der Waals surface area contributed by atoms with Crippen LogP contribution in [0.4, 0.5) is 0 Å². The molecule has 2 nitrogen and oxygen atoms in total. The van der Waals surface area contributed by atoms with Gasteiger partial charge in [0, 0.05) is 19.1 Å². The molecule has 0 heterocycles. The van der Waals surface area contributed by atoms with Gasteiger partial charge >= 0.3 is 0 Å². The van der Waals surface area contributed by atoms with Crippen LogP contribution in [0.3, 0.4) is 0 Å². The van der Waals surface area contributed by atoms with Gasteiger partial charge in [-0.15, -0.1) is 13.2 Å². The minimum atomic E-state index is -1.02. The molecule has 0 fully saturated rings. The fraction of sp³-hybridized carbons (Fsp3) is 0.273. The van der Waals surface area contributed by atoms with Gasteiger partial charge in [0.25, 0.3) is 0 Å². The van der Waals surface area contributed by atoms with E-state index >= 15 is 0 Å². The van der Waals surface area contributed by atoms with E-state index in [9.17, 15) is 5.11 Å². The number of aliphatic hydroxyl groups is 1. The Hall–Kier alpha value is -2.16. The highest BCUT2D eigenvalue weighted by Crippen LogP contribution is 2.50. The van der Waals surface area contributed by atoms with Crippen LogP contribution in [0.15, 0.2) is 73.8 Å². The van der Waals surface area contributed by atoms with Crippen molar-refractivity contribution in [2.75, 3.05) is 13.1 Å². The van der Waals surface area contributed by atoms with Gasteiger partial charge in [0.1, 0.15) is 5.60 Å². The summed E-state index contributed by atoms with van der Waals surface area (Å²) in [5, 5.41) is 12.0. The quantitative estimate of drug-likeness (QED) is 0.767. The van der Waals surface area contributed by atoms with Crippen LogP contribution >= 0.6 is 0 Å². The predicted octanol–water partition coefficient (Wildman–Crippen LogP) is 4.36. The summed E-state index contributed by atoms with van der Waals surface area (Å²) < 4.78 is 0. The smallest absolute Gasteiger partial charge is 0.131 e. The molecule has 1 aliphatic carbocycles. The summed E-state index contributed by atoms with van der Waals surface area (Å²) in [4.78, 5) is 2.25. The summed E-state index contributed by atoms with van der Waals surface area (Å²) >= 11 is 0. The van der Waals surface area contributed by atoms with E-state index in [4.69, 9.17) is 0 Å². The Kier molecular flexibility index (Phi) is 4.70. The number of fused-ring (bicyclic) bond motifs is 3. The van der Waals surface area contributed by atoms with Crippen LogP contribution in [-0.4, -0.2) is 29.1 Å². The van der Waals surface area contributed by atoms with Crippen molar-refractivity contribution in [3.8, 4) is 11.1 Å². The van der Waals surface area contributed by atoms with Crippen molar-refractivity contribution >= 4 is 0 Å². The van der Waals surface area contributed by atoms with Crippen molar-refractivity contribution in [3.63, 3.8) is 0 Å². The van der Waals surface area contributed by atoms with Crippen LogP contribution in [0.5, 0.6) is 0 Å². The summed E-state index contributed by atoms with van der Waals surface area (Å²) in [5.41, 5.74) is 3.23. The summed E-state index contributed by atoms with van der Waals surface area (Å²) in [6.07, 6.45) is 4.62. The lowest BCUT2D eigenvalue weighted by molar-refractivity contribution is -0.0117. The molecule has 0 amide bonds. The van der Waals surface area contributed by atoms with Crippen LogP contribution in [0.25, 0.3) is 11.1 Å². The molecule has 0 spiro atoms. The van der Waals surface area contributed by atoms with E-state index in [-0.39, 0.29) is 6.04 Å². The van der Waals surface area contributed by atoms with E-state index in [1.165, 1.54) is 0 Å². The van der Waals surface area contributed by atoms with Crippen LogP contribution in [0.1, 0.15) is 24.5 Å². The van der Waals surface area contributed by atoms with Gasteiger partial charge < -0.3 is 5.11 Å². The number of hydrogen-bond donors (Lipinski definition) is 1. The van der Waals surface area contributed by atoms with Crippen LogP contribution in [0.2, 0.25) is 0 Å². The average molecular weight is 319 g/mol. The average Bonchev–Trinajstić information content (AvgIpc) is 2.87. The zero-order chi connectivity index (χ0) is 17.2. The molecule has 0 saturated carbocycles. The van der Waals surface area contributed by atoms with Crippen LogP contribution in [-0.2, 0) is 5.60 Å². The third-order valence-electron chi connectivity index (χ3n) is 5.00. The number of hydrogen-bond acceptors (Lipinski definition) is 2. The van der Waals surface area contributed by atoms with Crippen molar-refractivity contribution in [1.82, 2.24) is 4.90 Å². The molecule has 0 radical (unpaired) electrons. The maximum Gasteiger partial charge on any atom is 0.131 e. The summed E-state index contributed by atoms with van der Waals surface area (Å²) in [6, 6.07) is 16.4. The fourth-order valence-electron chi connectivity index (χ4n) is 4.08. The monoisotopic (exact) mass is 319 g/mol. The Bertz CT molecular complexity index is 694. The Morgan fingerprint density at radius 2 is 1.42 bits per heavy atom. The SMILES string of the molecule is C=CCN(CC=C)C(CC)C1(O)c2ccccc2-c2ccccc21. The third-order valence-corrected chi connectivity index (χ3v) is 5.00. The van der Waals surface area contributed by atoms with E-state index < -0.39 is 5.60 Å². The molecule has 1 aliphatic rings. The standard InChI is InChI=1S/C22H25NO/c1-4-15-23(16-5-2)21(6-3)22(24)19-13-9-7-11-17(19)18-12-8-10-14-20(18)22/h4-5,7-14,21,24H,1-2,6,15-16H2,3H3. The van der Waals surface area contributed by atoms with Gasteiger partial charge in [-0.25, -0.2) is 0 Å². The second kappa shape index (κ2) is 6.76. The minimum Gasteiger partial charge on any atom is -0.379 e. The van der Waals surface area contributed by atoms with Crippen molar-refractivity contribution in [2.24, 2.45) is 0 Å². The van der Waals surface area contributed by atoms with Gasteiger partial charge in [-0.1, -0.05) is 67.6 Å². The molecule has 1 atom stereocenters. The van der Waals surface area contributed by atoms with Crippen molar-refractivity contribution in [3.05, 3.63) is 85.0 Å². The zero-order valence-electron chi connectivity index (χ0n) is 14.3. The Balaban J connectivity index is 2.19. The maximum absolute atomic E-state index is 12.0. The van der Waals surface area contributed by atoms with E-state index in [0.717, 1.165) is 41.8 Å². The molecule has 2 aromatic carbocycles. The molecule has 0 aromatic heterocycles. The van der Waals surface area contributed by atoms with E-state index in [0.29, 0.717) is 0 Å². The summed E-state index contributed by atoms with van der Waals surface area (Å²) in [7, 11) is 0. The van der Waals surface area contributed by atoms with Crippen LogP contribution in [0, 0.1) is 0 Å². The Morgan fingerprint density at radius 1 is 0.958 bits per heavy atom. The van der Waals surface area contributed by atoms with Crippen molar-refractivity contribution < 1.29 is 5.11 Å². The van der Waals surface area contributed by atoms with Gasteiger partial charge in [0.05, 0.1) is 0 Å². The first-order chi connectivity index (χ1) is 11.7. The highest BCUT2D eigenvalue weighted by Gasteiger charge is 2.48. The number of nitrogens with zero attached hydrogens (tertiary/aromatic N) is 1. The molecule has 24 heavy (non-hydrogen) atoms.